The van der Waals surface area contributed by atoms with Crippen LogP contribution in [0.4, 0.5) is 4.39 Å². The number of hydrogen-bond acceptors (Lipinski definition) is 4. The van der Waals surface area contributed by atoms with Crippen LogP contribution in [-0.4, -0.2) is 31.5 Å². The molecule has 5 aliphatic rings. The summed E-state index contributed by atoms with van der Waals surface area (Å²) in [5.41, 5.74) is 0.993. The van der Waals surface area contributed by atoms with Crippen LogP contribution in [0.3, 0.4) is 0 Å². The molecule has 5 saturated carbocycles. The van der Waals surface area contributed by atoms with E-state index >= 15 is 0 Å². The minimum atomic E-state index is -0.326. The Morgan fingerprint density at radius 3 is 2.64 bits per heavy atom. The molecule has 176 valence electrons. The Kier molecular flexibility index (Phi) is 4.27. The number of carbonyl (C=O) groups excluding carboxylic acids is 1. The van der Waals surface area contributed by atoms with Gasteiger partial charge in [0.1, 0.15) is 17.9 Å². The molecule has 5 fully saturated rings. The van der Waals surface area contributed by atoms with Crippen molar-refractivity contribution in [3.05, 3.63) is 24.0 Å². The summed E-state index contributed by atoms with van der Waals surface area (Å²) in [5.74, 6) is 4.27. The SMILES string of the molecule is C[C@]12CC[C@@H]3[C@H]4CC[C@]5(O)CC5[C@H]4CC[C@H]3[C@@H]1CC[C@@H]2C(=O)Cn1nnc2ccc(F)cc21. The van der Waals surface area contributed by atoms with Gasteiger partial charge in [-0.2, -0.15) is 0 Å². The van der Waals surface area contributed by atoms with Gasteiger partial charge in [-0.3, -0.25) is 4.79 Å². The molecule has 5 nitrogen and oxygen atoms in total. The van der Waals surface area contributed by atoms with Gasteiger partial charge in [0, 0.05) is 12.0 Å². The number of aromatic nitrogens is 3. The fourth-order valence-electron chi connectivity index (χ4n) is 9.53. The highest BCUT2D eigenvalue weighted by molar-refractivity contribution is 5.84. The number of Topliss-reactive ketones (excluding diaryl/α,β-unsaturated/α-hetero) is 1. The van der Waals surface area contributed by atoms with E-state index in [-0.39, 0.29) is 35.1 Å². The van der Waals surface area contributed by atoms with Crippen molar-refractivity contribution < 1.29 is 14.3 Å². The fraction of sp³-hybridized carbons (Fsp3) is 0.741. The predicted octanol–water partition coefficient (Wildman–Crippen LogP) is 4.77. The Morgan fingerprint density at radius 2 is 1.82 bits per heavy atom. The summed E-state index contributed by atoms with van der Waals surface area (Å²) in [5, 5.41) is 19.0. The van der Waals surface area contributed by atoms with Crippen LogP contribution in [0.15, 0.2) is 18.2 Å². The first kappa shape index (κ1) is 20.5. The Morgan fingerprint density at radius 1 is 1.06 bits per heavy atom. The largest absolute Gasteiger partial charge is 0.390 e. The second-order valence-corrected chi connectivity index (χ2v) is 12.3. The molecule has 1 N–H and O–H groups in total. The minimum absolute atomic E-state index is 0.0638. The second-order valence-electron chi connectivity index (χ2n) is 12.3. The van der Waals surface area contributed by atoms with Crippen molar-refractivity contribution >= 4 is 16.8 Å². The number of aliphatic hydroxyl groups is 1. The zero-order valence-electron chi connectivity index (χ0n) is 19.4. The Hall–Kier alpha value is -1.82. The number of ketones is 1. The van der Waals surface area contributed by atoms with Crippen molar-refractivity contribution in [1.82, 2.24) is 15.0 Å². The lowest BCUT2D eigenvalue weighted by molar-refractivity contribution is -0.131. The molecule has 7 rings (SSSR count). The van der Waals surface area contributed by atoms with E-state index < -0.39 is 0 Å². The van der Waals surface area contributed by atoms with E-state index in [0.717, 1.165) is 55.8 Å². The maximum Gasteiger partial charge on any atom is 0.157 e. The molecule has 0 bridgehead atoms. The lowest BCUT2D eigenvalue weighted by Gasteiger charge is -2.56. The monoisotopic (exact) mass is 451 g/mol. The molecule has 5 aliphatic carbocycles. The quantitative estimate of drug-likeness (QED) is 0.730. The third-order valence-electron chi connectivity index (χ3n) is 11.1. The first-order valence-electron chi connectivity index (χ1n) is 13.1. The molecule has 9 atom stereocenters. The van der Waals surface area contributed by atoms with Gasteiger partial charge in [0.2, 0.25) is 0 Å². The third kappa shape index (κ3) is 2.88. The summed E-state index contributed by atoms with van der Waals surface area (Å²) in [6.07, 6.45) is 10.3. The molecular formula is C27H34FN3O2. The lowest BCUT2D eigenvalue weighted by Crippen LogP contribution is -2.50. The Labute approximate surface area is 194 Å². The molecule has 2 aromatic rings. The van der Waals surface area contributed by atoms with Gasteiger partial charge < -0.3 is 5.11 Å². The van der Waals surface area contributed by atoms with E-state index in [1.54, 1.807) is 10.7 Å². The van der Waals surface area contributed by atoms with Crippen LogP contribution in [0.1, 0.15) is 64.7 Å². The summed E-state index contributed by atoms with van der Waals surface area (Å²) < 4.78 is 15.4. The third-order valence-corrected chi connectivity index (χ3v) is 11.1. The molecular weight excluding hydrogens is 417 g/mol. The number of hydrogen-bond donors (Lipinski definition) is 1. The van der Waals surface area contributed by atoms with Gasteiger partial charge in [0.05, 0.1) is 11.1 Å². The number of halogens is 1. The summed E-state index contributed by atoms with van der Waals surface area (Å²) in [6.45, 7) is 2.57. The van der Waals surface area contributed by atoms with E-state index in [4.69, 9.17) is 0 Å². The zero-order chi connectivity index (χ0) is 22.5. The predicted molar refractivity (Wildman–Crippen MR) is 122 cm³/mol. The van der Waals surface area contributed by atoms with E-state index in [0.29, 0.717) is 22.9 Å². The Balaban J connectivity index is 1.11. The minimum Gasteiger partial charge on any atom is -0.390 e. The van der Waals surface area contributed by atoms with Crippen LogP contribution >= 0.6 is 0 Å². The zero-order valence-corrected chi connectivity index (χ0v) is 19.4. The molecule has 0 spiro atoms. The highest BCUT2D eigenvalue weighted by Gasteiger charge is 2.65. The van der Waals surface area contributed by atoms with E-state index in [1.165, 1.54) is 37.8 Å². The second kappa shape index (κ2) is 6.87. The lowest BCUT2D eigenvalue weighted by atomic mass is 9.49. The number of benzene rings is 1. The maximum atomic E-state index is 13.8. The average molecular weight is 452 g/mol. The molecule has 1 heterocycles. The van der Waals surface area contributed by atoms with E-state index in [2.05, 4.69) is 17.2 Å². The first-order chi connectivity index (χ1) is 15.9. The molecule has 0 radical (unpaired) electrons. The highest BCUT2D eigenvalue weighted by Crippen LogP contribution is 2.68. The number of rotatable bonds is 3. The number of carbonyl (C=O) groups is 1. The normalized spacial score (nSPS) is 45.7. The summed E-state index contributed by atoms with van der Waals surface area (Å²) in [4.78, 5) is 13.6. The van der Waals surface area contributed by atoms with Gasteiger partial charge in [0.25, 0.3) is 0 Å². The van der Waals surface area contributed by atoms with Gasteiger partial charge in [-0.15, -0.1) is 5.10 Å². The van der Waals surface area contributed by atoms with Crippen molar-refractivity contribution in [2.75, 3.05) is 0 Å². The highest BCUT2D eigenvalue weighted by atomic mass is 19.1. The van der Waals surface area contributed by atoms with Crippen molar-refractivity contribution in [2.24, 2.45) is 46.8 Å². The van der Waals surface area contributed by atoms with E-state index in [9.17, 15) is 14.3 Å². The molecule has 0 saturated heterocycles. The molecule has 6 heteroatoms. The molecule has 1 unspecified atom stereocenters. The Bertz CT molecular complexity index is 1130. The molecule has 1 aromatic carbocycles. The maximum absolute atomic E-state index is 13.8. The van der Waals surface area contributed by atoms with Crippen LogP contribution in [0.2, 0.25) is 0 Å². The summed E-state index contributed by atoms with van der Waals surface area (Å²) in [7, 11) is 0. The topological polar surface area (TPSA) is 68.0 Å². The van der Waals surface area contributed by atoms with Crippen LogP contribution in [0, 0.1) is 52.7 Å². The fourth-order valence-corrected chi connectivity index (χ4v) is 9.53. The molecule has 0 amide bonds. The smallest absolute Gasteiger partial charge is 0.157 e. The molecule has 0 aliphatic heterocycles. The van der Waals surface area contributed by atoms with Gasteiger partial charge in [0.15, 0.2) is 5.78 Å². The van der Waals surface area contributed by atoms with E-state index in [1.807, 2.05) is 0 Å². The van der Waals surface area contributed by atoms with Gasteiger partial charge in [-0.1, -0.05) is 12.1 Å². The van der Waals surface area contributed by atoms with Gasteiger partial charge in [-0.05, 0) is 111 Å². The van der Waals surface area contributed by atoms with Crippen molar-refractivity contribution in [3.8, 4) is 0 Å². The molecule has 1 aromatic heterocycles. The van der Waals surface area contributed by atoms with Gasteiger partial charge >= 0.3 is 0 Å². The number of fused-ring (bicyclic) bond motifs is 8. The van der Waals surface area contributed by atoms with Crippen molar-refractivity contribution in [2.45, 2.75) is 76.9 Å². The standard InChI is InChI=1S/C27H34FN3O2/c1-26-10-8-16-17-9-11-27(33)13-22(27)19(17)4-3-18(16)20(26)5-6-21(26)25(32)14-31-24-12-15(28)2-7-23(24)29-30-31/h2,7,12,16-22,33H,3-6,8-11,13-14H2,1H3/t16-,17-,18-,19+,20+,21-,22?,26+,27+/m1/s1. The van der Waals surface area contributed by atoms with Gasteiger partial charge in [-0.25, -0.2) is 9.07 Å². The van der Waals surface area contributed by atoms with Crippen LogP contribution < -0.4 is 0 Å². The van der Waals surface area contributed by atoms with Crippen LogP contribution in [0.5, 0.6) is 0 Å². The average Bonchev–Trinajstić information content (AvgIpc) is 3.16. The molecule has 33 heavy (non-hydrogen) atoms. The first-order valence-corrected chi connectivity index (χ1v) is 13.1. The number of nitrogens with zero attached hydrogens (tertiary/aromatic N) is 3. The summed E-state index contributed by atoms with van der Waals surface area (Å²) in [6, 6.07) is 4.43. The van der Waals surface area contributed by atoms with Crippen LogP contribution in [-0.2, 0) is 11.3 Å². The van der Waals surface area contributed by atoms with Crippen molar-refractivity contribution in [3.63, 3.8) is 0 Å². The van der Waals surface area contributed by atoms with Crippen molar-refractivity contribution in [1.29, 1.82) is 0 Å². The summed E-state index contributed by atoms with van der Waals surface area (Å²) >= 11 is 0. The van der Waals surface area contributed by atoms with Crippen LogP contribution in [0.25, 0.3) is 11.0 Å².